The number of carbonyl (C=O) groups is 2. The molecular formula is C32H34N2O2. The largest absolute Gasteiger partial charge is 0.340 e. The Balaban J connectivity index is 1.58. The molecular weight excluding hydrogens is 444 g/mol. The van der Waals surface area contributed by atoms with Crippen molar-refractivity contribution in [3.05, 3.63) is 95.1 Å². The van der Waals surface area contributed by atoms with E-state index in [1.807, 2.05) is 27.7 Å². The van der Waals surface area contributed by atoms with E-state index in [2.05, 4.69) is 82.6 Å². The van der Waals surface area contributed by atoms with E-state index < -0.39 is 0 Å². The van der Waals surface area contributed by atoms with Gasteiger partial charge in [0.15, 0.2) is 0 Å². The van der Waals surface area contributed by atoms with Crippen LogP contribution >= 0.6 is 0 Å². The fraction of sp³-hybridized carbons (Fsp3) is 0.438. The number of carbonyl (C=O) groups excluding carboxylic acids is 2. The number of nitrogens with zero attached hydrogens (tertiary/aromatic N) is 2. The molecule has 0 radical (unpaired) electrons. The van der Waals surface area contributed by atoms with Gasteiger partial charge >= 0.3 is 0 Å². The lowest BCUT2D eigenvalue weighted by atomic mass is 9.41. The predicted octanol–water partition coefficient (Wildman–Crippen LogP) is 4.68. The Morgan fingerprint density at radius 1 is 0.583 bits per heavy atom. The molecule has 2 aromatic carbocycles. The average Bonchev–Trinajstić information content (AvgIpc) is 3.36. The van der Waals surface area contributed by atoms with Crippen molar-refractivity contribution in [1.82, 2.24) is 9.80 Å². The molecule has 2 aliphatic heterocycles. The Kier molecular flexibility index (Phi) is 4.16. The second-order valence-corrected chi connectivity index (χ2v) is 12.3. The number of hydrogen-bond acceptors (Lipinski definition) is 2. The average molecular weight is 479 g/mol. The van der Waals surface area contributed by atoms with Gasteiger partial charge in [0.1, 0.15) is 0 Å². The SMILES string of the molecule is CC(C)C(=O)N1CC23C=CC4(C=C2)CN(C(=O)C(C)C)CC42c4ccccc4C3(C1)c1ccccc12. The van der Waals surface area contributed by atoms with Gasteiger partial charge in [-0.2, -0.15) is 0 Å². The van der Waals surface area contributed by atoms with Gasteiger partial charge < -0.3 is 9.80 Å². The second kappa shape index (κ2) is 6.79. The molecule has 4 nitrogen and oxygen atoms in total. The molecule has 2 aliphatic carbocycles. The number of hydrogen-bond donors (Lipinski definition) is 0. The molecule has 0 N–H and O–H groups in total. The maximum Gasteiger partial charge on any atom is 0.225 e. The fourth-order valence-corrected chi connectivity index (χ4v) is 8.50. The van der Waals surface area contributed by atoms with Crippen molar-refractivity contribution in [1.29, 1.82) is 0 Å². The first kappa shape index (κ1) is 22.1. The molecule has 2 heterocycles. The standard InChI is InChI=1S/C32H34N2O2/c1-21(2)27(35)33-17-29-13-15-30(16-14-29)18-34(28(36)22(3)4)20-32(30)25-11-7-5-9-23(25)31(29,19-33)24-10-6-8-12-26(24)32/h5-16,21-22H,17-20H2,1-4H3. The van der Waals surface area contributed by atoms with E-state index in [0.717, 1.165) is 0 Å². The molecule has 0 atom stereocenters. The lowest BCUT2D eigenvalue weighted by Gasteiger charge is -2.59. The normalized spacial score (nSPS) is 34.5. The molecule has 184 valence electrons. The summed E-state index contributed by atoms with van der Waals surface area (Å²) in [6.45, 7) is 10.7. The molecule has 2 saturated heterocycles. The highest BCUT2D eigenvalue weighted by Gasteiger charge is 2.71. The summed E-state index contributed by atoms with van der Waals surface area (Å²) < 4.78 is 0. The molecule has 4 spiro atoms. The van der Waals surface area contributed by atoms with Gasteiger partial charge in [-0.15, -0.1) is 0 Å². The van der Waals surface area contributed by atoms with E-state index >= 15 is 0 Å². The van der Waals surface area contributed by atoms with Gasteiger partial charge in [0.2, 0.25) is 11.8 Å². The number of likely N-dealkylation sites (tertiary alicyclic amines) is 2. The van der Waals surface area contributed by atoms with Crippen molar-refractivity contribution in [2.75, 3.05) is 26.2 Å². The molecule has 0 aromatic heterocycles. The predicted molar refractivity (Wildman–Crippen MR) is 140 cm³/mol. The van der Waals surface area contributed by atoms with Gasteiger partial charge in [-0.1, -0.05) is 101 Å². The lowest BCUT2D eigenvalue weighted by Crippen LogP contribution is -2.59. The van der Waals surface area contributed by atoms with Crippen molar-refractivity contribution >= 4 is 11.8 Å². The molecule has 2 aromatic rings. The second-order valence-electron chi connectivity index (χ2n) is 12.3. The monoisotopic (exact) mass is 478 g/mol. The third-order valence-corrected chi connectivity index (χ3v) is 10.0. The Morgan fingerprint density at radius 2 is 0.889 bits per heavy atom. The van der Waals surface area contributed by atoms with Crippen LogP contribution < -0.4 is 0 Å². The highest BCUT2D eigenvalue weighted by Crippen LogP contribution is 2.70. The third kappa shape index (κ3) is 2.24. The minimum atomic E-state index is -0.356. The van der Waals surface area contributed by atoms with Gasteiger partial charge in [-0.3, -0.25) is 9.59 Å². The summed E-state index contributed by atoms with van der Waals surface area (Å²) in [5, 5.41) is 0. The molecule has 0 bridgehead atoms. The van der Waals surface area contributed by atoms with Gasteiger partial charge in [0.05, 0.1) is 10.8 Å². The van der Waals surface area contributed by atoms with Gasteiger partial charge in [0.25, 0.3) is 0 Å². The summed E-state index contributed by atoms with van der Waals surface area (Å²) in [5.41, 5.74) is 3.98. The lowest BCUT2D eigenvalue weighted by molar-refractivity contribution is -0.134. The minimum absolute atomic E-state index is 0.0411. The first-order valence-corrected chi connectivity index (χ1v) is 13.4. The molecule has 4 heteroatoms. The molecule has 0 unspecified atom stereocenters. The minimum Gasteiger partial charge on any atom is -0.340 e. The van der Waals surface area contributed by atoms with E-state index in [4.69, 9.17) is 0 Å². The number of benzene rings is 2. The van der Waals surface area contributed by atoms with Crippen molar-refractivity contribution in [2.24, 2.45) is 22.7 Å². The zero-order valence-electron chi connectivity index (χ0n) is 21.6. The van der Waals surface area contributed by atoms with Crippen LogP contribution in [0.4, 0.5) is 0 Å². The molecule has 0 saturated carbocycles. The van der Waals surface area contributed by atoms with E-state index in [9.17, 15) is 9.59 Å². The maximum absolute atomic E-state index is 13.4. The summed E-state index contributed by atoms with van der Waals surface area (Å²) in [6.07, 6.45) is 9.68. The van der Waals surface area contributed by atoms with Crippen molar-refractivity contribution in [3.8, 4) is 0 Å². The Morgan fingerprint density at radius 3 is 1.17 bits per heavy atom. The van der Waals surface area contributed by atoms with Crippen molar-refractivity contribution in [3.63, 3.8) is 0 Å². The van der Waals surface area contributed by atoms with E-state index in [-0.39, 0.29) is 45.3 Å². The smallest absolute Gasteiger partial charge is 0.225 e. The Hall–Kier alpha value is -3.14. The summed E-state index contributed by atoms with van der Waals surface area (Å²) >= 11 is 0. The van der Waals surface area contributed by atoms with Crippen molar-refractivity contribution in [2.45, 2.75) is 38.5 Å². The number of fused-ring (bicyclic) bond motifs is 8. The van der Waals surface area contributed by atoms with E-state index in [1.165, 1.54) is 22.3 Å². The van der Waals surface area contributed by atoms with Gasteiger partial charge in [-0.05, 0) is 22.3 Å². The molecule has 2 amide bonds. The van der Waals surface area contributed by atoms with Crippen LogP contribution in [0.1, 0.15) is 49.9 Å². The zero-order chi connectivity index (χ0) is 25.1. The van der Waals surface area contributed by atoms with E-state index in [0.29, 0.717) is 26.2 Å². The number of rotatable bonds is 2. The van der Waals surface area contributed by atoms with Gasteiger partial charge in [0, 0.05) is 48.8 Å². The summed E-state index contributed by atoms with van der Waals surface area (Å²) in [5.74, 6) is 0.356. The van der Waals surface area contributed by atoms with Crippen LogP contribution in [0.25, 0.3) is 0 Å². The van der Waals surface area contributed by atoms with Crippen molar-refractivity contribution < 1.29 is 9.59 Å². The van der Waals surface area contributed by atoms with Crippen LogP contribution in [0.5, 0.6) is 0 Å². The summed E-state index contributed by atoms with van der Waals surface area (Å²) in [6, 6.07) is 17.9. The quantitative estimate of drug-likeness (QED) is 0.588. The summed E-state index contributed by atoms with van der Waals surface area (Å²) in [4.78, 5) is 31.1. The Bertz CT molecular complexity index is 1220. The van der Waals surface area contributed by atoms with E-state index in [1.54, 1.807) is 0 Å². The number of amides is 2. The van der Waals surface area contributed by atoms with Crippen LogP contribution in [-0.4, -0.2) is 47.8 Å². The molecule has 6 rings (SSSR count). The Labute approximate surface area is 213 Å². The highest BCUT2D eigenvalue weighted by atomic mass is 16.2. The summed E-state index contributed by atoms with van der Waals surface area (Å²) in [7, 11) is 0. The molecule has 4 aliphatic rings. The maximum atomic E-state index is 13.4. The van der Waals surface area contributed by atoms with Crippen LogP contribution in [-0.2, 0) is 20.4 Å². The van der Waals surface area contributed by atoms with Gasteiger partial charge in [-0.25, -0.2) is 0 Å². The molecule has 2 fully saturated rings. The van der Waals surface area contributed by atoms with Crippen LogP contribution in [0, 0.1) is 22.7 Å². The highest BCUT2D eigenvalue weighted by molar-refractivity contribution is 5.82. The first-order chi connectivity index (χ1) is 17.2. The fourth-order valence-electron chi connectivity index (χ4n) is 8.50. The first-order valence-electron chi connectivity index (χ1n) is 13.4. The van der Waals surface area contributed by atoms with Crippen LogP contribution in [0.15, 0.2) is 72.8 Å². The topological polar surface area (TPSA) is 40.6 Å². The third-order valence-electron chi connectivity index (χ3n) is 10.0. The zero-order valence-corrected chi connectivity index (χ0v) is 21.6. The molecule has 36 heavy (non-hydrogen) atoms. The van der Waals surface area contributed by atoms with Crippen LogP contribution in [0.3, 0.4) is 0 Å². The van der Waals surface area contributed by atoms with Crippen LogP contribution in [0.2, 0.25) is 0 Å².